The number of fused-ring (bicyclic) bond motifs is 5. The molecule has 7 aromatic carbocycles. The van der Waals surface area contributed by atoms with E-state index in [1.807, 2.05) is 36.4 Å². The van der Waals surface area contributed by atoms with E-state index in [9.17, 15) is 0 Å². The number of nitrogens with zero attached hydrogens (tertiary/aromatic N) is 2. The Balaban J connectivity index is 1.28. The quantitative estimate of drug-likeness (QED) is 0.199. The van der Waals surface area contributed by atoms with Gasteiger partial charge in [-0.25, -0.2) is 9.97 Å². The van der Waals surface area contributed by atoms with Gasteiger partial charge >= 0.3 is 0 Å². The van der Waals surface area contributed by atoms with Crippen LogP contribution in [0.3, 0.4) is 0 Å². The number of hydrogen-bond donors (Lipinski definition) is 0. The van der Waals surface area contributed by atoms with Gasteiger partial charge < -0.3 is 0 Å². The molecule has 0 N–H and O–H groups in total. The summed E-state index contributed by atoms with van der Waals surface area (Å²) >= 11 is 0. The molecule has 0 bridgehead atoms. The van der Waals surface area contributed by atoms with Crippen molar-refractivity contribution >= 4 is 21.5 Å². The van der Waals surface area contributed by atoms with Crippen molar-refractivity contribution in [3.63, 3.8) is 0 Å². The number of benzene rings is 7. The van der Waals surface area contributed by atoms with Crippen molar-refractivity contribution in [3.8, 4) is 56.2 Å². The lowest BCUT2D eigenvalue weighted by Gasteiger charge is -2.22. The van der Waals surface area contributed by atoms with Gasteiger partial charge in [0.2, 0.25) is 0 Å². The molecule has 1 aliphatic carbocycles. The summed E-state index contributed by atoms with van der Waals surface area (Å²) in [4.78, 5) is 9.84. The van der Waals surface area contributed by atoms with Crippen LogP contribution in [0.15, 0.2) is 158 Å². The van der Waals surface area contributed by atoms with Crippen LogP contribution in [0.5, 0.6) is 0 Å². The number of aromatic nitrogens is 2. The summed E-state index contributed by atoms with van der Waals surface area (Å²) in [5, 5.41) is 4.50. The van der Waals surface area contributed by atoms with Gasteiger partial charge in [0.15, 0.2) is 5.82 Å². The van der Waals surface area contributed by atoms with Gasteiger partial charge in [0.05, 0.1) is 18.2 Å². The molecular weight excluding hydrogens is 569 g/mol. The number of rotatable bonds is 4. The molecule has 0 atom stereocenters. The molecule has 0 radical (unpaired) electrons. The highest BCUT2D eigenvalue weighted by Gasteiger charge is 2.37. The van der Waals surface area contributed by atoms with Crippen LogP contribution in [0.25, 0.3) is 77.7 Å². The molecule has 1 aromatic heterocycles. The van der Waals surface area contributed by atoms with Crippen LogP contribution in [-0.2, 0) is 5.41 Å². The minimum absolute atomic E-state index is 0.0430. The Labute approximate surface area is 282 Å². The first kappa shape index (κ1) is 22.6. The molecular formula is C45H32N2. The van der Waals surface area contributed by atoms with E-state index in [0.717, 1.165) is 33.0 Å². The van der Waals surface area contributed by atoms with E-state index >= 15 is 0 Å². The Morgan fingerprint density at radius 2 is 1.15 bits per heavy atom. The normalized spacial score (nSPS) is 14.6. The van der Waals surface area contributed by atoms with Gasteiger partial charge in [-0.1, -0.05) is 153 Å². The number of hydrogen-bond acceptors (Lipinski definition) is 2. The van der Waals surface area contributed by atoms with Gasteiger partial charge in [-0.15, -0.1) is 0 Å². The Morgan fingerprint density at radius 1 is 0.489 bits per heavy atom. The average Bonchev–Trinajstić information content (AvgIpc) is 3.40. The lowest BCUT2D eigenvalue weighted by atomic mass is 9.81. The smallest absolute Gasteiger partial charge is 0.160 e. The van der Waals surface area contributed by atoms with Gasteiger partial charge in [0, 0.05) is 22.1 Å². The molecule has 47 heavy (non-hydrogen) atoms. The summed E-state index contributed by atoms with van der Waals surface area (Å²) in [7, 11) is 0. The largest absolute Gasteiger partial charge is 0.228 e. The summed E-state index contributed by atoms with van der Waals surface area (Å²) in [5.74, 6) is 0.403. The second-order valence-corrected chi connectivity index (χ2v) is 12.6. The Kier molecular flexibility index (Phi) is 5.10. The molecule has 0 unspecified atom stereocenters. The molecule has 1 aliphatic rings. The van der Waals surface area contributed by atoms with Crippen molar-refractivity contribution in [2.45, 2.75) is 19.3 Å². The highest BCUT2D eigenvalue weighted by Crippen LogP contribution is 2.54. The van der Waals surface area contributed by atoms with Gasteiger partial charge in [-0.05, 0) is 73.1 Å². The third-order valence-electron chi connectivity index (χ3n) is 9.57. The Hall–Kier alpha value is -5.86. The van der Waals surface area contributed by atoms with Crippen molar-refractivity contribution in [2.75, 3.05) is 0 Å². The predicted molar refractivity (Wildman–Crippen MR) is 196 cm³/mol. The maximum Gasteiger partial charge on any atom is 0.160 e. The van der Waals surface area contributed by atoms with Crippen LogP contribution >= 0.6 is 0 Å². The summed E-state index contributed by atoms with van der Waals surface area (Å²) < 4.78 is 42.3. The maximum absolute atomic E-state index is 8.73. The fourth-order valence-electron chi connectivity index (χ4n) is 7.26. The molecule has 222 valence electrons. The van der Waals surface area contributed by atoms with E-state index in [1.165, 1.54) is 33.0 Å². The topological polar surface area (TPSA) is 25.8 Å². The highest BCUT2D eigenvalue weighted by atomic mass is 14.9. The summed E-state index contributed by atoms with van der Waals surface area (Å²) in [5.41, 5.74) is 9.74. The van der Waals surface area contributed by atoms with Crippen molar-refractivity contribution in [2.24, 2.45) is 0 Å². The first-order valence-corrected chi connectivity index (χ1v) is 15.8. The minimum atomic E-state index is -0.440. The molecule has 0 fully saturated rings. The molecule has 0 saturated carbocycles. The van der Waals surface area contributed by atoms with Crippen molar-refractivity contribution in [1.29, 1.82) is 0 Å². The van der Waals surface area contributed by atoms with Crippen LogP contribution < -0.4 is 0 Å². The van der Waals surface area contributed by atoms with Crippen LogP contribution in [0.4, 0.5) is 0 Å². The van der Waals surface area contributed by atoms with E-state index in [4.69, 9.17) is 16.8 Å². The first-order chi connectivity index (χ1) is 25.1. The van der Waals surface area contributed by atoms with E-state index in [2.05, 4.69) is 98.8 Å². The van der Waals surface area contributed by atoms with E-state index in [0.29, 0.717) is 11.5 Å². The van der Waals surface area contributed by atoms with Gasteiger partial charge in [0.1, 0.15) is 0 Å². The van der Waals surface area contributed by atoms with Crippen molar-refractivity contribution in [3.05, 3.63) is 169 Å². The lowest BCUT2D eigenvalue weighted by Crippen LogP contribution is -2.14. The zero-order valence-electron chi connectivity index (χ0n) is 31.0. The van der Waals surface area contributed by atoms with Crippen LogP contribution in [0.2, 0.25) is 0 Å². The minimum Gasteiger partial charge on any atom is -0.228 e. The molecule has 2 nitrogen and oxygen atoms in total. The Bertz CT molecular complexity index is 2740. The fourth-order valence-corrected chi connectivity index (χ4v) is 7.26. The van der Waals surface area contributed by atoms with E-state index < -0.39 is 18.1 Å². The van der Waals surface area contributed by atoms with Crippen LogP contribution in [-0.4, -0.2) is 9.97 Å². The third kappa shape index (κ3) is 4.40. The van der Waals surface area contributed by atoms with Crippen LogP contribution in [0.1, 0.15) is 31.8 Å². The molecule has 0 spiro atoms. The zero-order valence-corrected chi connectivity index (χ0v) is 26.0. The third-order valence-corrected chi connectivity index (χ3v) is 9.57. The molecule has 0 amide bonds. The van der Waals surface area contributed by atoms with E-state index in [1.54, 1.807) is 6.07 Å². The van der Waals surface area contributed by atoms with E-state index in [-0.39, 0.29) is 28.8 Å². The molecule has 0 aliphatic heterocycles. The monoisotopic (exact) mass is 605 g/mol. The molecule has 0 saturated heterocycles. The molecule has 9 rings (SSSR count). The summed E-state index contributed by atoms with van der Waals surface area (Å²) in [6, 6.07) is 41.8. The zero-order chi connectivity index (χ0) is 35.9. The fraction of sp³-hybridized carbons (Fsp3) is 0.0667. The second kappa shape index (κ2) is 10.6. The molecule has 1 heterocycles. The van der Waals surface area contributed by atoms with Crippen molar-refractivity contribution in [1.82, 2.24) is 9.97 Å². The first-order valence-electron chi connectivity index (χ1n) is 18.3. The SMILES string of the molecule is [2H]c1c([2H])c([2H])c(-c2cc(-c3ccc(-c4cccc5c4-c4cc6ccccc6cc4C5(C)C)c4ccccc34)nc(-c3ccccc3)n2)c([2H])c1[2H]. The maximum atomic E-state index is 8.73. The highest BCUT2D eigenvalue weighted by molar-refractivity contribution is 6.08. The van der Waals surface area contributed by atoms with Gasteiger partial charge in [-0.2, -0.15) is 0 Å². The lowest BCUT2D eigenvalue weighted by molar-refractivity contribution is 0.661. The van der Waals surface area contributed by atoms with Crippen LogP contribution in [0, 0.1) is 0 Å². The molecule has 8 aromatic rings. The average molecular weight is 606 g/mol. The summed E-state index contributed by atoms with van der Waals surface area (Å²) in [6.45, 7) is 4.62. The van der Waals surface area contributed by atoms with Crippen molar-refractivity contribution < 1.29 is 6.85 Å². The standard InChI is InChI=1S/C45H32N2/c1-45(2)39-23-13-22-37(43(39)38-26-31-18-9-10-19-32(31)27-40(38)45)35-24-25-36(34-21-12-11-20-33(34)35)42-28-41(29-14-5-3-6-15-29)46-44(47-42)30-16-7-4-8-17-30/h3-28H,1-2H3/i3D,5D,6D,14D,15D. The summed E-state index contributed by atoms with van der Waals surface area (Å²) in [6.07, 6.45) is 0. The predicted octanol–water partition coefficient (Wildman–Crippen LogP) is 11.8. The Morgan fingerprint density at radius 3 is 1.94 bits per heavy atom. The second-order valence-electron chi connectivity index (χ2n) is 12.6. The molecule has 2 heteroatoms. The van der Waals surface area contributed by atoms with Gasteiger partial charge in [-0.3, -0.25) is 0 Å². The van der Waals surface area contributed by atoms with Gasteiger partial charge in [0.25, 0.3) is 0 Å².